The summed E-state index contributed by atoms with van der Waals surface area (Å²) in [5.74, 6) is -0.0881. The zero-order valence-electron chi connectivity index (χ0n) is 12.2. The zero-order valence-corrected chi connectivity index (χ0v) is 12.2. The van der Waals surface area contributed by atoms with Crippen molar-refractivity contribution in [1.29, 1.82) is 0 Å². The fourth-order valence-electron chi connectivity index (χ4n) is 1.77. The van der Waals surface area contributed by atoms with Crippen LogP contribution in [0.25, 0.3) is 5.69 Å². The molecular weight excluding hydrogens is 254 g/mol. The number of aromatic nitrogens is 4. The van der Waals surface area contributed by atoms with Crippen LogP contribution in [0, 0.1) is 6.92 Å². The fourth-order valence-corrected chi connectivity index (χ4v) is 1.77. The maximum atomic E-state index is 12.3. The van der Waals surface area contributed by atoms with Crippen LogP contribution in [0.5, 0.6) is 0 Å². The summed E-state index contributed by atoms with van der Waals surface area (Å²) in [7, 11) is 0. The Bertz CT molecular complexity index is 604. The van der Waals surface area contributed by atoms with Crippen LogP contribution in [-0.4, -0.2) is 31.7 Å². The van der Waals surface area contributed by atoms with E-state index in [1.165, 1.54) is 11.0 Å². The van der Waals surface area contributed by atoms with Crippen molar-refractivity contribution in [2.75, 3.05) is 0 Å². The minimum atomic E-state index is -0.226. The highest BCUT2D eigenvalue weighted by molar-refractivity contribution is 5.95. The number of hydrogen-bond donors (Lipinski definition) is 1. The molecule has 2 rings (SSSR count). The molecule has 0 spiro atoms. The lowest BCUT2D eigenvalue weighted by atomic mass is 10.0. The number of carbonyl (C=O) groups is 1. The monoisotopic (exact) mass is 273 g/mol. The minimum absolute atomic E-state index is 0.0881. The van der Waals surface area contributed by atoms with Crippen LogP contribution in [0.15, 0.2) is 24.5 Å². The van der Waals surface area contributed by atoms with Crippen LogP contribution >= 0.6 is 0 Å². The Labute approximate surface area is 118 Å². The van der Waals surface area contributed by atoms with Gasteiger partial charge in [-0.2, -0.15) is 0 Å². The molecule has 1 heterocycles. The molecule has 0 saturated carbocycles. The van der Waals surface area contributed by atoms with E-state index in [0.717, 1.165) is 17.7 Å². The van der Waals surface area contributed by atoms with Gasteiger partial charge in [-0.05, 0) is 61.4 Å². The summed E-state index contributed by atoms with van der Waals surface area (Å²) in [6.45, 7) is 7.99. The van der Waals surface area contributed by atoms with E-state index in [4.69, 9.17) is 0 Å². The van der Waals surface area contributed by atoms with Crippen LogP contribution in [0.2, 0.25) is 0 Å². The third kappa shape index (κ3) is 3.20. The lowest BCUT2D eigenvalue weighted by Crippen LogP contribution is -2.42. The summed E-state index contributed by atoms with van der Waals surface area (Å²) in [4.78, 5) is 12.3. The number of nitrogens with zero attached hydrogens (tertiary/aromatic N) is 4. The van der Waals surface area contributed by atoms with Crippen LogP contribution in [0.3, 0.4) is 0 Å². The molecular formula is C14H19N5O. The summed E-state index contributed by atoms with van der Waals surface area (Å²) in [6, 6.07) is 5.57. The van der Waals surface area contributed by atoms with Gasteiger partial charge in [-0.3, -0.25) is 4.79 Å². The molecule has 106 valence electrons. The Hall–Kier alpha value is -2.24. The first kappa shape index (κ1) is 14.2. The van der Waals surface area contributed by atoms with E-state index in [1.807, 2.05) is 39.8 Å². The summed E-state index contributed by atoms with van der Waals surface area (Å²) in [5, 5.41) is 14.1. The Morgan fingerprint density at radius 1 is 1.35 bits per heavy atom. The first-order valence-electron chi connectivity index (χ1n) is 6.59. The molecule has 20 heavy (non-hydrogen) atoms. The predicted octanol–water partition coefficient (Wildman–Crippen LogP) is 1.89. The standard InChI is InChI=1S/C14H19N5O/c1-5-14(3,4)16-13(20)11-6-10(2)7-12(8-11)19-9-15-17-18-19/h6-9H,5H2,1-4H3,(H,16,20). The van der Waals surface area contributed by atoms with Crippen LogP contribution in [-0.2, 0) is 0 Å². The van der Waals surface area contributed by atoms with Gasteiger partial charge >= 0.3 is 0 Å². The Morgan fingerprint density at radius 3 is 2.70 bits per heavy atom. The number of amides is 1. The van der Waals surface area contributed by atoms with Gasteiger partial charge in [0.05, 0.1) is 5.69 Å². The number of benzene rings is 1. The maximum absolute atomic E-state index is 12.3. The summed E-state index contributed by atoms with van der Waals surface area (Å²) in [6.07, 6.45) is 2.37. The number of rotatable bonds is 4. The number of tetrazole rings is 1. The van der Waals surface area contributed by atoms with Crippen LogP contribution in [0.4, 0.5) is 0 Å². The van der Waals surface area contributed by atoms with Gasteiger partial charge < -0.3 is 5.32 Å². The highest BCUT2D eigenvalue weighted by Crippen LogP contribution is 2.15. The van der Waals surface area contributed by atoms with Crippen molar-refractivity contribution in [3.63, 3.8) is 0 Å². The Morgan fingerprint density at radius 2 is 2.10 bits per heavy atom. The zero-order chi connectivity index (χ0) is 14.8. The predicted molar refractivity (Wildman–Crippen MR) is 75.7 cm³/mol. The Kier molecular flexibility index (Phi) is 3.83. The van der Waals surface area contributed by atoms with Crippen LogP contribution in [0.1, 0.15) is 43.1 Å². The van der Waals surface area contributed by atoms with E-state index < -0.39 is 0 Å². The van der Waals surface area contributed by atoms with Crippen molar-refractivity contribution >= 4 is 5.91 Å². The van der Waals surface area contributed by atoms with E-state index in [2.05, 4.69) is 20.8 Å². The van der Waals surface area contributed by atoms with E-state index in [9.17, 15) is 4.79 Å². The van der Waals surface area contributed by atoms with Crippen molar-refractivity contribution in [2.24, 2.45) is 0 Å². The lowest BCUT2D eigenvalue weighted by Gasteiger charge is -2.24. The summed E-state index contributed by atoms with van der Waals surface area (Å²) >= 11 is 0. The first-order valence-corrected chi connectivity index (χ1v) is 6.59. The molecule has 0 aliphatic rings. The molecule has 1 amide bonds. The SMILES string of the molecule is CCC(C)(C)NC(=O)c1cc(C)cc(-n2cnnn2)c1. The van der Waals surface area contributed by atoms with Gasteiger partial charge in [-0.25, -0.2) is 4.68 Å². The number of hydrogen-bond acceptors (Lipinski definition) is 4. The van der Waals surface area contributed by atoms with Gasteiger partial charge in [0.15, 0.2) is 0 Å². The molecule has 0 bridgehead atoms. The largest absolute Gasteiger partial charge is 0.347 e. The molecule has 0 saturated heterocycles. The fraction of sp³-hybridized carbons (Fsp3) is 0.429. The van der Waals surface area contributed by atoms with E-state index in [0.29, 0.717) is 5.56 Å². The number of nitrogens with one attached hydrogen (secondary N) is 1. The highest BCUT2D eigenvalue weighted by Gasteiger charge is 2.19. The molecule has 1 aromatic carbocycles. The number of aryl methyl sites for hydroxylation is 1. The highest BCUT2D eigenvalue weighted by atomic mass is 16.1. The average molecular weight is 273 g/mol. The van der Waals surface area contributed by atoms with Gasteiger partial charge in [-0.1, -0.05) is 6.92 Å². The van der Waals surface area contributed by atoms with Gasteiger partial charge in [0.25, 0.3) is 5.91 Å². The molecule has 0 aliphatic carbocycles. The molecule has 0 aliphatic heterocycles. The van der Waals surface area contributed by atoms with Crippen molar-refractivity contribution in [3.05, 3.63) is 35.7 Å². The van der Waals surface area contributed by atoms with Crippen LogP contribution < -0.4 is 5.32 Å². The third-order valence-electron chi connectivity index (χ3n) is 3.27. The maximum Gasteiger partial charge on any atom is 0.251 e. The van der Waals surface area contributed by atoms with Gasteiger partial charge in [0.1, 0.15) is 6.33 Å². The van der Waals surface area contributed by atoms with E-state index in [1.54, 1.807) is 6.07 Å². The normalized spacial score (nSPS) is 11.4. The van der Waals surface area contributed by atoms with Gasteiger partial charge in [0, 0.05) is 11.1 Å². The second-order valence-electron chi connectivity index (χ2n) is 5.50. The third-order valence-corrected chi connectivity index (χ3v) is 3.27. The van der Waals surface area contributed by atoms with Gasteiger partial charge in [0.2, 0.25) is 0 Å². The molecule has 6 nitrogen and oxygen atoms in total. The van der Waals surface area contributed by atoms with Crippen molar-refractivity contribution in [1.82, 2.24) is 25.5 Å². The molecule has 1 N–H and O–H groups in total. The molecule has 1 aromatic heterocycles. The second kappa shape index (κ2) is 5.40. The Balaban J connectivity index is 2.31. The van der Waals surface area contributed by atoms with Crippen molar-refractivity contribution in [2.45, 2.75) is 39.7 Å². The molecule has 6 heteroatoms. The molecule has 0 atom stereocenters. The summed E-state index contributed by atoms with van der Waals surface area (Å²) < 4.78 is 1.54. The lowest BCUT2D eigenvalue weighted by molar-refractivity contribution is 0.0911. The second-order valence-corrected chi connectivity index (χ2v) is 5.50. The van der Waals surface area contributed by atoms with Gasteiger partial charge in [-0.15, -0.1) is 5.10 Å². The molecule has 0 radical (unpaired) electrons. The summed E-state index contributed by atoms with van der Waals surface area (Å²) in [5.41, 5.74) is 2.14. The van der Waals surface area contributed by atoms with Crippen molar-refractivity contribution in [3.8, 4) is 5.69 Å². The smallest absolute Gasteiger partial charge is 0.251 e. The topological polar surface area (TPSA) is 72.7 Å². The quantitative estimate of drug-likeness (QED) is 0.923. The molecule has 0 unspecified atom stereocenters. The minimum Gasteiger partial charge on any atom is -0.347 e. The first-order chi connectivity index (χ1) is 9.41. The van der Waals surface area contributed by atoms with E-state index in [-0.39, 0.29) is 11.4 Å². The average Bonchev–Trinajstić information content (AvgIpc) is 2.91. The number of carbonyl (C=O) groups excluding carboxylic acids is 1. The molecule has 0 fully saturated rings. The van der Waals surface area contributed by atoms with E-state index >= 15 is 0 Å². The molecule has 2 aromatic rings. The van der Waals surface area contributed by atoms with Crippen molar-refractivity contribution < 1.29 is 4.79 Å².